The molecule has 5 heteroatoms. The molecule has 0 spiro atoms. The van der Waals surface area contributed by atoms with Gasteiger partial charge in [0, 0.05) is 12.3 Å². The molecular weight excluding hydrogens is 404 g/mol. The van der Waals surface area contributed by atoms with E-state index in [1.165, 1.54) is 6.92 Å². The van der Waals surface area contributed by atoms with Crippen LogP contribution in [0.25, 0.3) is 0 Å². The fourth-order valence-corrected chi connectivity index (χ4v) is 3.50. The Kier molecular flexibility index (Phi) is 8.32. The Bertz CT molecular complexity index is 960. The van der Waals surface area contributed by atoms with Gasteiger partial charge in [-0.1, -0.05) is 91.0 Å². The van der Waals surface area contributed by atoms with Crippen molar-refractivity contribution in [1.82, 2.24) is 0 Å². The van der Waals surface area contributed by atoms with Crippen molar-refractivity contribution < 1.29 is 23.9 Å². The van der Waals surface area contributed by atoms with Gasteiger partial charge in [0.25, 0.3) is 0 Å². The third-order valence-corrected chi connectivity index (χ3v) is 5.09. The molecule has 3 aromatic carbocycles. The highest BCUT2D eigenvalue weighted by Gasteiger charge is 2.39. The second-order valence-corrected chi connectivity index (χ2v) is 7.59. The van der Waals surface area contributed by atoms with Crippen LogP contribution in [0.3, 0.4) is 0 Å². The molecule has 0 heterocycles. The van der Waals surface area contributed by atoms with Gasteiger partial charge in [0.1, 0.15) is 19.0 Å². The molecule has 5 nitrogen and oxygen atoms in total. The summed E-state index contributed by atoms with van der Waals surface area (Å²) in [6.07, 6.45) is 0.0234. The van der Waals surface area contributed by atoms with E-state index in [1.54, 1.807) is 12.1 Å². The van der Waals surface area contributed by atoms with Crippen LogP contribution in [0.15, 0.2) is 91.0 Å². The van der Waals surface area contributed by atoms with Crippen LogP contribution in [0, 0.1) is 5.92 Å². The molecule has 3 aromatic rings. The Labute approximate surface area is 188 Å². The van der Waals surface area contributed by atoms with Crippen molar-refractivity contribution >= 4 is 17.7 Å². The molecule has 1 atom stereocenters. The molecule has 0 unspecified atom stereocenters. The smallest absolute Gasteiger partial charge is 0.321 e. The third-order valence-electron chi connectivity index (χ3n) is 5.09. The summed E-state index contributed by atoms with van der Waals surface area (Å²) in [6.45, 7) is 1.51. The first-order valence-corrected chi connectivity index (χ1v) is 10.5. The first kappa shape index (κ1) is 22.9. The van der Waals surface area contributed by atoms with Gasteiger partial charge in [0.2, 0.25) is 0 Å². The number of carbonyl (C=O) groups excluding carboxylic acids is 3. The van der Waals surface area contributed by atoms with Gasteiger partial charge in [0.05, 0.1) is 0 Å². The standard InChI is InChI=1S/C27H26O5/c1-20(28)17-24(23-15-9-4-10-16-23)25(26(29)31-18-21-11-5-2-6-12-21)27(30)32-19-22-13-7-3-8-14-22/h2-16,24-25H,17-19H2,1H3/t24-/m0/s1. The van der Waals surface area contributed by atoms with Gasteiger partial charge in [-0.25, -0.2) is 0 Å². The van der Waals surface area contributed by atoms with E-state index in [9.17, 15) is 14.4 Å². The molecular formula is C27H26O5. The van der Waals surface area contributed by atoms with E-state index >= 15 is 0 Å². The van der Waals surface area contributed by atoms with Gasteiger partial charge < -0.3 is 14.3 Å². The summed E-state index contributed by atoms with van der Waals surface area (Å²) in [7, 11) is 0. The molecule has 0 aliphatic carbocycles. The Hall–Kier alpha value is -3.73. The number of hydrogen-bond acceptors (Lipinski definition) is 5. The number of benzene rings is 3. The predicted molar refractivity (Wildman–Crippen MR) is 120 cm³/mol. The molecule has 32 heavy (non-hydrogen) atoms. The lowest BCUT2D eigenvalue weighted by atomic mass is 9.82. The number of carbonyl (C=O) groups is 3. The summed E-state index contributed by atoms with van der Waals surface area (Å²) in [6, 6.07) is 27.5. The van der Waals surface area contributed by atoms with Crippen LogP contribution in [-0.2, 0) is 37.1 Å². The molecule has 0 saturated carbocycles. The number of ether oxygens (including phenoxy) is 2. The highest BCUT2D eigenvalue weighted by atomic mass is 16.6. The van der Waals surface area contributed by atoms with Crippen LogP contribution in [0.4, 0.5) is 0 Å². The Morgan fingerprint density at radius 3 is 1.47 bits per heavy atom. The minimum absolute atomic E-state index is 0.0234. The van der Waals surface area contributed by atoms with Gasteiger partial charge >= 0.3 is 11.9 Å². The van der Waals surface area contributed by atoms with Crippen molar-refractivity contribution in [3.8, 4) is 0 Å². The molecule has 164 valence electrons. The minimum atomic E-state index is -1.26. The van der Waals surface area contributed by atoms with Gasteiger partial charge in [0.15, 0.2) is 5.92 Å². The van der Waals surface area contributed by atoms with Gasteiger partial charge in [-0.2, -0.15) is 0 Å². The van der Waals surface area contributed by atoms with E-state index in [1.807, 2.05) is 78.9 Å². The summed E-state index contributed by atoms with van der Waals surface area (Å²) in [5.74, 6) is -3.48. The molecule has 0 saturated heterocycles. The zero-order valence-electron chi connectivity index (χ0n) is 18.0. The van der Waals surface area contributed by atoms with Crippen LogP contribution >= 0.6 is 0 Å². The molecule has 0 N–H and O–H groups in total. The van der Waals surface area contributed by atoms with Crippen LogP contribution < -0.4 is 0 Å². The lowest BCUT2D eigenvalue weighted by Crippen LogP contribution is -2.34. The zero-order chi connectivity index (χ0) is 22.8. The normalized spacial score (nSPS) is 11.6. The van der Waals surface area contributed by atoms with Crippen molar-refractivity contribution in [2.24, 2.45) is 5.92 Å². The average Bonchev–Trinajstić information content (AvgIpc) is 2.82. The molecule has 0 aliphatic heterocycles. The van der Waals surface area contributed by atoms with Crippen LogP contribution in [0.2, 0.25) is 0 Å². The van der Waals surface area contributed by atoms with Crippen molar-refractivity contribution in [3.05, 3.63) is 108 Å². The number of hydrogen-bond donors (Lipinski definition) is 0. The highest BCUT2D eigenvalue weighted by Crippen LogP contribution is 2.31. The Balaban J connectivity index is 1.84. The van der Waals surface area contributed by atoms with Crippen LogP contribution in [0.5, 0.6) is 0 Å². The topological polar surface area (TPSA) is 69.7 Å². The van der Waals surface area contributed by atoms with Gasteiger partial charge in [-0.15, -0.1) is 0 Å². The van der Waals surface area contributed by atoms with Gasteiger partial charge in [-0.05, 0) is 23.6 Å². The van der Waals surface area contributed by atoms with Crippen molar-refractivity contribution in [2.45, 2.75) is 32.5 Å². The largest absolute Gasteiger partial charge is 0.460 e. The summed E-state index contributed by atoms with van der Waals surface area (Å²) in [5, 5.41) is 0. The fourth-order valence-electron chi connectivity index (χ4n) is 3.50. The molecule has 0 fully saturated rings. The molecule has 0 aliphatic rings. The summed E-state index contributed by atoms with van der Waals surface area (Å²) in [5.41, 5.74) is 2.32. The van der Waals surface area contributed by atoms with E-state index in [2.05, 4.69) is 0 Å². The summed E-state index contributed by atoms with van der Waals surface area (Å²) < 4.78 is 11.0. The number of esters is 2. The second-order valence-electron chi connectivity index (χ2n) is 7.59. The van der Waals surface area contributed by atoms with Crippen molar-refractivity contribution in [2.75, 3.05) is 0 Å². The number of ketones is 1. The van der Waals surface area contributed by atoms with Crippen molar-refractivity contribution in [1.29, 1.82) is 0 Å². The SMILES string of the molecule is CC(=O)C[C@@H](c1ccccc1)C(C(=O)OCc1ccccc1)C(=O)OCc1ccccc1. The predicted octanol–water partition coefficient (Wildman–Crippen LogP) is 4.85. The second kappa shape index (κ2) is 11.6. The van der Waals surface area contributed by atoms with Gasteiger partial charge in [-0.3, -0.25) is 9.59 Å². The lowest BCUT2D eigenvalue weighted by Gasteiger charge is -2.24. The molecule has 0 bridgehead atoms. The first-order valence-electron chi connectivity index (χ1n) is 10.5. The Morgan fingerprint density at radius 1 is 0.656 bits per heavy atom. The van der Waals surface area contributed by atoms with E-state index in [-0.39, 0.29) is 25.4 Å². The quantitative estimate of drug-likeness (QED) is 0.340. The third kappa shape index (κ3) is 6.64. The van der Waals surface area contributed by atoms with Crippen LogP contribution in [0.1, 0.15) is 36.0 Å². The minimum Gasteiger partial charge on any atom is -0.460 e. The number of Topliss-reactive ketones (excluding diaryl/α,β-unsaturated/α-hetero) is 1. The summed E-state index contributed by atoms with van der Waals surface area (Å²) >= 11 is 0. The molecule has 0 amide bonds. The maximum Gasteiger partial charge on any atom is 0.321 e. The monoisotopic (exact) mass is 430 g/mol. The fraction of sp³-hybridized carbons (Fsp3) is 0.222. The Morgan fingerprint density at radius 2 is 1.06 bits per heavy atom. The number of rotatable bonds is 10. The van der Waals surface area contributed by atoms with Crippen molar-refractivity contribution in [3.63, 3.8) is 0 Å². The molecule has 0 radical (unpaired) electrons. The van der Waals surface area contributed by atoms with Crippen LogP contribution in [-0.4, -0.2) is 17.7 Å². The van der Waals surface area contributed by atoms with E-state index in [0.29, 0.717) is 5.56 Å². The maximum absolute atomic E-state index is 13.1. The lowest BCUT2D eigenvalue weighted by molar-refractivity contribution is -0.165. The highest BCUT2D eigenvalue weighted by molar-refractivity contribution is 5.97. The van der Waals surface area contributed by atoms with E-state index in [0.717, 1.165) is 11.1 Å². The molecule has 0 aromatic heterocycles. The van der Waals surface area contributed by atoms with E-state index < -0.39 is 23.8 Å². The molecule has 3 rings (SSSR count). The zero-order valence-corrected chi connectivity index (χ0v) is 18.0. The first-order chi connectivity index (χ1) is 15.5. The average molecular weight is 431 g/mol. The van der Waals surface area contributed by atoms with E-state index in [4.69, 9.17) is 9.47 Å². The summed E-state index contributed by atoms with van der Waals surface area (Å²) in [4.78, 5) is 38.3. The maximum atomic E-state index is 13.1.